The molecule has 0 N–H and O–H groups in total. The van der Waals surface area contributed by atoms with Crippen LogP contribution in [-0.4, -0.2) is 23.9 Å². The zero-order chi connectivity index (χ0) is 18.4. The number of benzene rings is 2. The number of anilines is 2. The predicted molar refractivity (Wildman–Crippen MR) is 94.4 cm³/mol. The van der Waals surface area contributed by atoms with Gasteiger partial charge in [-0.05, 0) is 48.7 Å². The number of amides is 2. The normalized spacial score (nSPS) is 21.7. The van der Waals surface area contributed by atoms with Gasteiger partial charge >= 0.3 is 0 Å². The molecule has 0 aliphatic carbocycles. The second-order valence-electron chi connectivity index (χ2n) is 6.40. The summed E-state index contributed by atoms with van der Waals surface area (Å²) in [6.45, 7) is 3.68. The largest absolute Gasteiger partial charge is 0.271 e. The third-order valence-electron chi connectivity index (χ3n) is 4.80. The van der Waals surface area contributed by atoms with Crippen LogP contribution < -0.4 is 9.91 Å². The molecule has 0 bridgehead atoms. The van der Waals surface area contributed by atoms with Crippen molar-refractivity contribution >= 4 is 23.2 Å². The summed E-state index contributed by atoms with van der Waals surface area (Å²) in [5.74, 6) is -1.22. The van der Waals surface area contributed by atoms with E-state index in [-0.39, 0.29) is 0 Å². The van der Waals surface area contributed by atoms with Crippen molar-refractivity contribution in [1.82, 2.24) is 0 Å². The monoisotopic (exact) mass is 352 g/mol. The zero-order valence-corrected chi connectivity index (χ0v) is 14.4. The van der Waals surface area contributed by atoms with E-state index >= 15 is 0 Å². The number of aryl methyl sites for hydroxylation is 2. The number of fused-ring (bicyclic) bond motifs is 1. The van der Waals surface area contributed by atoms with Gasteiger partial charge < -0.3 is 0 Å². The maximum absolute atomic E-state index is 13.9. The predicted octanol–water partition coefficient (Wildman–Crippen LogP) is 3.19. The summed E-state index contributed by atoms with van der Waals surface area (Å²) in [7, 11) is 0. The number of halogens is 1. The average Bonchev–Trinajstić information content (AvgIpc) is 3.18. The van der Waals surface area contributed by atoms with Crippen molar-refractivity contribution in [2.75, 3.05) is 9.91 Å². The van der Waals surface area contributed by atoms with E-state index in [1.165, 1.54) is 11.1 Å². The van der Waals surface area contributed by atoms with E-state index in [9.17, 15) is 14.0 Å². The molecule has 132 valence electrons. The number of nitrogens with zero attached hydrogens (tertiary/aromatic N) is 4. The Hall–Kier alpha value is -3.09. The Labute approximate surface area is 149 Å². The van der Waals surface area contributed by atoms with Crippen molar-refractivity contribution in [2.24, 2.45) is 10.3 Å². The summed E-state index contributed by atoms with van der Waals surface area (Å²) in [4.78, 5) is 26.8. The van der Waals surface area contributed by atoms with E-state index in [1.807, 2.05) is 19.1 Å². The Bertz CT molecular complexity index is 926. The van der Waals surface area contributed by atoms with Crippen molar-refractivity contribution in [3.63, 3.8) is 0 Å². The van der Waals surface area contributed by atoms with Gasteiger partial charge in [-0.25, -0.2) is 14.3 Å². The standard InChI is InChI=1S/C19H17FN4O2/c1-3-12-5-8-13(9-6-12)23-18(25)16-17(19(23)26)24(22-21-16)14-7-4-11(2)15(20)10-14/h4-10,16-17H,3H2,1-2H3. The second-order valence-corrected chi connectivity index (χ2v) is 6.40. The molecule has 7 heteroatoms. The molecule has 1 fully saturated rings. The molecule has 2 amide bonds. The maximum Gasteiger partial charge on any atom is 0.263 e. The molecule has 2 atom stereocenters. The molecule has 2 aromatic carbocycles. The lowest BCUT2D eigenvalue weighted by molar-refractivity contribution is -0.121. The molecule has 2 aliphatic rings. The Morgan fingerprint density at radius 2 is 1.73 bits per heavy atom. The third-order valence-corrected chi connectivity index (χ3v) is 4.80. The van der Waals surface area contributed by atoms with E-state index < -0.39 is 29.7 Å². The van der Waals surface area contributed by atoms with Gasteiger partial charge in [0, 0.05) is 0 Å². The molecule has 2 aliphatic heterocycles. The van der Waals surface area contributed by atoms with Gasteiger partial charge in [0.1, 0.15) is 5.82 Å². The molecular formula is C19H17FN4O2. The van der Waals surface area contributed by atoms with Crippen LogP contribution in [0.3, 0.4) is 0 Å². The summed E-state index contributed by atoms with van der Waals surface area (Å²) >= 11 is 0. The number of carbonyl (C=O) groups is 2. The summed E-state index contributed by atoms with van der Waals surface area (Å²) < 4.78 is 13.9. The Morgan fingerprint density at radius 3 is 2.38 bits per heavy atom. The van der Waals surface area contributed by atoms with Gasteiger partial charge in [0.15, 0.2) is 12.1 Å². The molecule has 0 radical (unpaired) electrons. The molecule has 0 saturated carbocycles. The van der Waals surface area contributed by atoms with Crippen molar-refractivity contribution in [2.45, 2.75) is 32.4 Å². The Morgan fingerprint density at radius 1 is 1.04 bits per heavy atom. The molecule has 0 aromatic heterocycles. The summed E-state index contributed by atoms with van der Waals surface area (Å²) in [5, 5.41) is 9.23. The second kappa shape index (κ2) is 6.01. The minimum Gasteiger partial charge on any atom is -0.271 e. The van der Waals surface area contributed by atoms with Crippen LogP contribution in [0.1, 0.15) is 18.1 Å². The van der Waals surface area contributed by atoms with E-state index in [4.69, 9.17) is 0 Å². The highest BCUT2D eigenvalue weighted by Gasteiger charge is 2.55. The quantitative estimate of drug-likeness (QED) is 0.797. The van der Waals surface area contributed by atoms with E-state index in [2.05, 4.69) is 10.3 Å². The molecule has 26 heavy (non-hydrogen) atoms. The minimum atomic E-state index is -0.905. The van der Waals surface area contributed by atoms with Gasteiger partial charge in [-0.3, -0.25) is 9.59 Å². The van der Waals surface area contributed by atoms with Crippen molar-refractivity contribution in [3.05, 3.63) is 59.4 Å². The fourth-order valence-corrected chi connectivity index (χ4v) is 3.23. The molecule has 2 heterocycles. The SMILES string of the molecule is CCc1ccc(N2C(=O)C3N=NN(c4ccc(C)c(F)c4)C3C2=O)cc1. The van der Waals surface area contributed by atoms with Crippen LogP contribution in [0.2, 0.25) is 0 Å². The summed E-state index contributed by atoms with van der Waals surface area (Å²) in [5.41, 5.74) is 2.52. The van der Waals surface area contributed by atoms with Crippen molar-refractivity contribution < 1.29 is 14.0 Å². The van der Waals surface area contributed by atoms with Crippen LogP contribution >= 0.6 is 0 Å². The lowest BCUT2D eigenvalue weighted by Gasteiger charge is -2.21. The van der Waals surface area contributed by atoms with Gasteiger partial charge in [0.25, 0.3) is 11.8 Å². The van der Waals surface area contributed by atoms with Crippen LogP contribution in [0.25, 0.3) is 0 Å². The lowest BCUT2D eigenvalue weighted by Crippen LogP contribution is -2.40. The van der Waals surface area contributed by atoms with Crippen molar-refractivity contribution in [1.29, 1.82) is 0 Å². The van der Waals surface area contributed by atoms with E-state index in [1.54, 1.807) is 31.2 Å². The van der Waals surface area contributed by atoms with Gasteiger partial charge in [0.05, 0.1) is 11.4 Å². The van der Waals surface area contributed by atoms with E-state index in [0.29, 0.717) is 16.9 Å². The Kier molecular flexibility index (Phi) is 3.79. The molecule has 4 rings (SSSR count). The third kappa shape index (κ3) is 2.39. The number of hydrogen-bond acceptors (Lipinski definition) is 5. The van der Waals surface area contributed by atoms with Crippen LogP contribution in [0.15, 0.2) is 52.8 Å². The van der Waals surface area contributed by atoms with Gasteiger partial charge in [-0.1, -0.05) is 30.3 Å². The highest BCUT2D eigenvalue weighted by atomic mass is 19.1. The zero-order valence-electron chi connectivity index (χ0n) is 14.4. The van der Waals surface area contributed by atoms with Gasteiger partial charge in [-0.2, -0.15) is 5.11 Å². The topological polar surface area (TPSA) is 65.3 Å². The molecule has 1 saturated heterocycles. The molecule has 2 aromatic rings. The highest BCUT2D eigenvalue weighted by Crippen LogP contribution is 2.35. The molecular weight excluding hydrogens is 335 g/mol. The van der Waals surface area contributed by atoms with Crippen LogP contribution in [0.5, 0.6) is 0 Å². The first-order chi connectivity index (χ1) is 12.5. The maximum atomic E-state index is 13.9. The fourth-order valence-electron chi connectivity index (χ4n) is 3.23. The summed E-state index contributed by atoms with van der Waals surface area (Å²) in [6, 6.07) is 10.1. The number of hydrogen-bond donors (Lipinski definition) is 0. The molecule has 0 spiro atoms. The van der Waals surface area contributed by atoms with Crippen LogP contribution in [0, 0.1) is 12.7 Å². The first-order valence-corrected chi connectivity index (χ1v) is 8.44. The smallest absolute Gasteiger partial charge is 0.263 e. The summed E-state index contributed by atoms with van der Waals surface area (Å²) in [6.07, 6.45) is 0.869. The first kappa shape index (κ1) is 16.4. The fraction of sp³-hybridized carbons (Fsp3) is 0.263. The minimum absolute atomic E-state index is 0.397. The van der Waals surface area contributed by atoms with Crippen molar-refractivity contribution in [3.8, 4) is 0 Å². The Balaban J connectivity index is 1.67. The molecule has 6 nitrogen and oxygen atoms in total. The van der Waals surface area contributed by atoms with Crippen LogP contribution in [-0.2, 0) is 16.0 Å². The number of carbonyl (C=O) groups excluding carboxylic acids is 2. The number of rotatable bonds is 3. The highest BCUT2D eigenvalue weighted by molar-refractivity contribution is 6.26. The first-order valence-electron chi connectivity index (χ1n) is 8.44. The lowest BCUT2D eigenvalue weighted by atomic mass is 10.1. The van der Waals surface area contributed by atoms with Gasteiger partial charge in [0.2, 0.25) is 0 Å². The average molecular weight is 352 g/mol. The van der Waals surface area contributed by atoms with E-state index in [0.717, 1.165) is 16.9 Å². The number of imide groups is 1. The van der Waals surface area contributed by atoms with Crippen LogP contribution in [0.4, 0.5) is 15.8 Å². The molecule has 2 unspecified atom stereocenters. The van der Waals surface area contributed by atoms with Gasteiger partial charge in [-0.15, -0.1) is 0 Å².